The number of nitrogens with zero attached hydrogens (tertiary/aromatic N) is 2. The molecule has 1 saturated heterocycles. The molecule has 1 aromatic carbocycles. The van der Waals surface area contributed by atoms with Crippen LogP contribution in [0.15, 0.2) is 28.7 Å². The highest BCUT2D eigenvalue weighted by Gasteiger charge is 2.33. The van der Waals surface area contributed by atoms with Crippen LogP contribution < -0.4 is 36.6 Å². The molecule has 14 heteroatoms. The van der Waals surface area contributed by atoms with Crippen molar-refractivity contribution in [1.29, 1.82) is 0 Å². The lowest BCUT2D eigenvalue weighted by Gasteiger charge is -2.38. The molecule has 0 saturated carbocycles. The molecule has 1 amide bonds. The second kappa shape index (κ2) is 10.7. The number of halogens is 3. The van der Waals surface area contributed by atoms with Crippen molar-refractivity contribution in [3.8, 4) is 11.8 Å². The zero-order chi connectivity index (χ0) is 23.9. The predicted octanol–water partition coefficient (Wildman–Crippen LogP) is -0.327. The number of nitrogens with two attached hydrogens (primary N) is 1. The lowest BCUT2D eigenvalue weighted by atomic mass is 9.95. The molecule has 2 heterocycles. The van der Waals surface area contributed by atoms with E-state index in [-0.39, 0.29) is 30.6 Å². The Morgan fingerprint density at radius 3 is 2.73 bits per heavy atom. The van der Waals surface area contributed by atoms with Crippen LogP contribution in [0.3, 0.4) is 0 Å². The maximum absolute atomic E-state index is 12.2. The van der Waals surface area contributed by atoms with Gasteiger partial charge in [0.15, 0.2) is 6.61 Å². The fourth-order valence-corrected chi connectivity index (χ4v) is 3.13. The van der Waals surface area contributed by atoms with Crippen molar-refractivity contribution < 1.29 is 31.9 Å². The highest BCUT2D eigenvalue weighted by Crippen LogP contribution is 2.21. The molecule has 0 bridgehead atoms. The fourth-order valence-electron chi connectivity index (χ4n) is 3.13. The SMILES string of the molecule is Bc1ccc(OCC(=O)N[C@@]2(N)CCC(CNc3nnc(OCCC(F)(F)F)o3)NC2)cc1. The summed E-state index contributed by atoms with van der Waals surface area (Å²) in [5.41, 5.74) is 6.48. The Bertz CT molecular complexity index is 904. The molecule has 3 rings (SSSR count). The van der Waals surface area contributed by atoms with Gasteiger partial charge in [-0.2, -0.15) is 13.2 Å². The van der Waals surface area contributed by atoms with Crippen LogP contribution in [0, 0.1) is 0 Å². The molecule has 10 nitrogen and oxygen atoms in total. The molecule has 5 N–H and O–H groups in total. The molecule has 1 fully saturated rings. The minimum atomic E-state index is -4.32. The van der Waals surface area contributed by atoms with Gasteiger partial charge in [0.2, 0.25) is 0 Å². The predicted molar refractivity (Wildman–Crippen MR) is 115 cm³/mol. The van der Waals surface area contributed by atoms with E-state index in [4.69, 9.17) is 19.6 Å². The van der Waals surface area contributed by atoms with E-state index in [1.165, 1.54) is 0 Å². The normalized spacial score (nSPS) is 20.8. The molecule has 1 aromatic heterocycles. The summed E-state index contributed by atoms with van der Waals surface area (Å²) < 4.78 is 51.8. The zero-order valence-electron chi connectivity index (χ0n) is 18.1. The molecule has 0 spiro atoms. The quantitative estimate of drug-likeness (QED) is 0.272. The van der Waals surface area contributed by atoms with E-state index in [9.17, 15) is 18.0 Å². The Morgan fingerprint density at radius 1 is 1.30 bits per heavy atom. The number of carbonyl (C=O) groups excluding carboxylic acids is 1. The van der Waals surface area contributed by atoms with Gasteiger partial charge in [-0.15, -0.1) is 0 Å². The van der Waals surface area contributed by atoms with E-state index >= 15 is 0 Å². The topological polar surface area (TPSA) is 137 Å². The van der Waals surface area contributed by atoms with Gasteiger partial charge in [-0.1, -0.05) is 27.8 Å². The van der Waals surface area contributed by atoms with Gasteiger partial charge in [0.05, 0.1) is 6.42 Å². The van der Waals surface area contributed by atoms with Crippen LogP contribution in [0.1, 0.15) is 19.3 Å². The number of hydrogen-bond donors (Lipinski definition) is 4. The molecule has 0 radical (unpaired) electrons. The highest BCUT2D eigenvalue weighted by molar-refractivity contribution is 6.32. The van der Waals surface area contributed by atoms with E-state index in [1.807, 2.05) is 20.0 Å². The minimum absolute atomic E-state index is 0.00360. The first-order valence-electron chi connectivity index (χ1n) is 10.4. The summed E-state index contributed by atoms with van der Waals surface area (Å²) in [7, 11) is 1.96. The number of carbonyl (C=O) groups is 1. The lowest BCUT2D eigenvalue weighted by Crippen LogP contribution is -2.66. The zero-order valence-corrected chi connectivity index (χ0v) is 18.1. The summed E-state index contributed by atoms with van der Waals surface area (Å²) in [6, 6.07) is 7.41. The molecule has 1 aliphatic rings. The van der Waals surface area contributed by atoms with E-state index in [2.05, 4.69) is 26.1 Å². The second-order valence-electron chi connectivity index (χ2n) is 7.89. The number of anilines is 1. The fraction of sp³-hybridized carbons (Fsp3) is 0.526. The van der Waals surface area contributed by atoms with Crippen molar-refractivity contribution in [3.63, 3.8) is 0 Å². The Balaban J connectivity index is 1.34. The first-order chi connectivity index (χ1) is 15.6. The number of ether oxygens (including phenoxy) is 2. The summed E-state index contributed by atoms with van der Waals surface area (Å²) in [5, 5.41) is 16.1. The number of nitrogens with one attached hydrogen (secondary N) is 3. The largest absolute Gasteiger partial charge is 0.484 e. The molecule has 0 aliphatic carbocycles. The van der Waals surface area contributed by atoms with Crippen LogP contribution in [-0.4, -0.2) is 68.1 Å². The van der Waals surface area contributed by atoms with Gasteiger partial charge in [0.1, 0.15) is 25.9 Å². The number of alkyl halides is 3. The van der Waals surface area contributed by atoms with Crippen molar-refractivity contribution >= 4 is 25.2 Å². The molecular formula is C19H26BF3N6O4. The number of amides is 1. The Hall–Kier alpha value is -3.00. The number of hydrogen-bond acceptors (Lipinski definition) is 9. The van der Waals surface area contributed by atoms with Crippen molar-refractivity contribution in [2.45, 2.75) is 37.1 Å². The number of piperidine rings is 1. The van der Waals surface area contributed by atoms with E-state index in [0.717, 1.165) is 5.46 Å². The monoisotopic (exact) mass is 470 g/mol. The number of rotatable bonds is 10. The van der Waals surface area contributed by atoms with Gasteiger partial charge in [0, 0.05) is 19.1 Å². The van der Waals surface area contributed by atoms with Crippen molar-refractivity contribution in [2.24, 2.45) is 5.73 Å². The van der Waals surface area contributed by atoms with Gasteiger partial charge in [0.25, 0.3) is 5.91 Å². The standard InChI is InChI=1S/C19H26BF3N6O4/c20-12-1-3-14(4-2-12)32-10-15(30)27-18(24)6-5-13(26-11-18)9-25-16-28-29-17(33-16)31-8-7-19(21,22)23/h1-4,13,26H,5-11,20,24H2,(H,25,28)(H,27,30)/t13?,18-/m0/s1. The Kier molecular flexibility index (Phi) is 8.03. The Labute approximate surface area is 189 Å². The van der Waals surface area contributed by atoms with Gasteiger partial charge in [-0.3, -0.25) is 4.79 Å². The van der Waals surface area contributed by atoms with Gasteiger partial charge >= 0.3 is 18.3 Å². The van der Waals surface area contributed by atoms with E-state index < -0.39 is 24.9 Å². The van der Waals surface area contributed by atoms with Crippen LogP contribution in [0.4, 0.5) is 19.2 Å². The van der Waals surface area contributed by atoms with Crippen LogP contribution in [0.25, 0.3) is 0 Å². The van der Waals surface area contributed by atoms with E-state index in [0.29, 0.717) is 31.7 Å². The number of aromatic nitrogens is 2. The van der Waals surface area contributed by atoms with Crippen LogP contribution in [0.2, 0.25) is 0 Å². The Morgan fingerprint density at radius 2 is 2.06 bits per heavy atom. The van der Waals surface area contributed by atoms with Gasteiger partial charge in [-0.25, -0.2) is 0 Å². The molecule has 1 aliphatic heterocycles. The smallest absolute Gasteiger partial charge is 0.416 e. The van der Waals surface area contributed by atoms with Crippen molar-refractivity contribution in [3.05, 3.63) is 24.3 Å². The average molecular weight is 470 g/mol. The summed E-state index contributed by atoms with van der Waals surface area (Å²) in [6.07, 6.45) is -4.60. The third-order valence-corrected chi connectivity index (χ3v) is 4.94. The average Bonchev–Trinajstić information content (AvgIpc) is 3.19. The summed E-state index contributed by atoms with van der Waals surface area (Å²) >= 11 is 0. The molecule has 180 valence electrons. The minimum Gasteiger partial charge on any atom is -0.484 e. The van der Waals surface area contributed by atoms with Crippen LogP contribution in [-0.2, 0) is 4.79 Å². The molecule has 1 unspecified atom stereocenters. The summed E-state index contributed by atoms with van der Waals surface area (Å²) in [5.74, 6) is 0.282. The summed E-state index contributed by atoms with van der Waals surface area (Å²) in [6.45, 7) is 0.00318. The van der Waals surface area contributed by atoms with Crippen LogP contribution in [0.5, 0.6) is 11.8 Å². The highest BCUT2D eigenvalue weighted by atomic mass is 19.4. The third-order valence-electron chi connectivity index (χ3n) is 4.94. The number of benzene rings is 1. The van der Waals surface area contributed by atoms with Gasteiger partial charge < -0.3 is 35.6 Å². The van der Waals surface area contributed by atoms with Crippen LogP contribution >= 0.6 is 0 Å². The first kappa shape index (κ1) is 24.6. The first-order valence-corrected chi connectivity index (χ1v) is 10.4. The molecule has 2 atom stereocenters. The van der Waals surface area contributed by atoms with E-state index in [1.54, 1.807) is 12.1 Å². The third kappa shape index (κ3) is 8.46. The maximum atomic E-state index is 12.2. The molecular weight excluding hydrogens is 444 g/mol. The second-order valence-corrected chi connectivity index (χ2v) is 7.89. The molecule has 2 aromatic rings. The summed E-state index contributed by atoms with van der Waals surface area (Å²) in [4.78, 5) is 12.2. The lowest BCUT2D eigenvalue weighted by molar-refractivity contribution is -0.140. The molecule has 33 heavy (non-hydrogen) atoms. The van der Waals surface area contributed by atoms with Crippen molar-refractivity contribution in [2.75, 3.05) is 31.6 Å². The van der Waals surface area contributed by atoms with Crippen molar-refractivity contribution in [1.82, 2.24) is 20.8 Å². The maximum Gasteiger partial charge on any atom is 0.416 e. The van der Waals surface area contributed by atoms with Gasteiger partial charge in [-0.05, 0) is 25.0 Å².